The highest BCUT2D eigenvalue weighted by molar-refractivity contribution is 7.10. The van der Waals surface area contributed by atoms with Crippen LogP contribution in [0.4, 0.5) is 0 Å². The van der Waals surface area contributed by atoms with Gasteiger partial charge in [0.1, 0.15) is 0 Å². The van der Waals surface area contributed by atoms with Gasteiger partial charge in [-0.3, -0.25) is 4.79 Å². The zero-order chi connectivity index (χ0) is 13.1. The molecule has 0 amide bonds. The molecule has 1 aromatic carbocycles. The van der Waals surface area contributed by atoms with Gasteiger partial charge < -0.3 is 9.47 Å². The van der Waals surface area contributed by atoms with Gasteiger partial charge in [-0.1, -0.05) is 6.07 Å². The van der Waals surface area contributed by atoms with Crippen molar-refractivity contribution in [2.24, 2.45) is 0 Å². The van der Waals surface area contributed by atoms with Gasteiger partial charge in [-0.2, -0.15) is 0 Å². The molecule has 2 rings (SSSR count). The minimum Gasteiger partial charge on any atom is -0.493 e. The predicted molar refractivity (Wildman–Crippen MR) is 72.0 cm³/mol. The Morgan fingerprint density at radius 2 is 1.89 bits per heavy atom. The third-order valence-corrected chi connectivity index (χ3v) is 3.60. The van der Waals surface area contributed by atoms with Gasteiger partial charge in [0.25, 0.3) is 0 Å². The Balaban J connectivity index is 2.52. The van der Waals surface area contributed by atoms with Crippen LogP contribution in [0, 0.1) is 6.92 Å². The van der Waals surface area contributed by atoms with E-state index >= 15 is 0 Å². The van der Waals surface area contributed by atoms with Crippen LogP contribution in [0.1, 0.15) is 20.8 Å². The zero-order valence-corrected chi connectivity index (χ0v) is 11.3. The summed E-state index contributed by atoms with van der Waals surface area (Å²) in [4.78, 5) is 13.5. The summed E-state index contributed by atoms with van der Waals surface area (Å²) in [5, 5.41) is 1.91. The highest BCUT2D eigenvalue weighted by atomic mass is 32.1. The zero-order valence-electron chi connectivity index (χ0n) is 10.5. The number of ketones is 1. The lowest BCUT2D eigenvalue weighted by Crippen LogP contribution is -2.05. The first-order chi connectivity index (χ1) is 8.69. The van der Waals surface area contributed by atoms with Crippen LogP contribution < -0.4 is 9.47 Å². The fourth-order valence-electron chi connectivity index (χ4n) is 1.83. The quantitative estimate of drug-likeness (QED) is 0.793. The van der Waals surface area contributed by atoms with Crippen LogP contribution in [-0.4, -0.2) is 20.0 Å². The number of hydrogen-bond acceptors (Lipinski definition) is 4. The van der Waals surface area contributed by atoms with Gasteiger partial charge in [0, 0.05) is 10.4 Å². The first-order valence-electron chi connectivity index (χ1n) is 5.48. The molecule has 0 radical (unpaired) electrons. The summed E-state index contributed by atoms with van der Waals surface area (Å²) in [5.41, 5.74) is 1.24. The Labute approximate surface area is 110 Å². The molecule has 1 heterocycles. The Morgan fingerprint density at radius 1 is 1.11 bits per heavy atom. The van der Waals surface area contributed by atoms with Crippen molar-refractivity contribution >= 4 is 17.1 Å². The molecule has 0 bridgehead atoms. The lowest BCUT2D eigenvalue weighted by molar-refractivity contribution is 0.103. The largest absolute Gasteiger partial charge is 0.493 e. The molecule has 3 nitrogen and oxygen atoms in total. The molecule has 4 heteroatoms. The van der Waals surface area contributed by atoms with E-state index in [1.54, 1.807) is 36.6 Å². The second-order valence-corrected chi connectivity index (χ2v) is 4.88. The standard InChI is InChI=1S/C14H14O3S/c1-9-10(7-8-18-9)13(15)11-5-4-6-12(16-2)14(11)17-3/h4-8H,1-3H3. The number of methoxy groups -OCH3 is 2. The van der Waals surface area contributed by atoms with Crippen LogP contribution in [0.2, 0.25) is 0 Å². The molecule has 0 saturated heterocycles. The third-order valence-electron chi connectivity index (χ3n) is 2.75. The van der Waals surface area contributed by atoms with Crippen molar-refractivity contribution in [1.82, 2.24) is 0 Å². The van der Waals surface area contributed by atoms with E-state index in [0.717, 1.165) is 4.88 Å². The summed E-state index contributed by atoms with van der Waals surface area (Å²) in [5.74, 6) is 1.01. The van der Waals surface area contributed by atoms with Gasteiger partial charge in [-0.05, 0) is 30.5 Å². The van der Waals surface area contributed by atoms with E-state index in [-0.39, 0.29) is 5.78 Å². The molecule has 0 aliphatic carbocycles. The SMILES string of the molecule is COc1cccc(C(=O)c2ccsc2C)c1OC. The van der Waals surface area contributed by atoms with E-state index in [1.807, 2.05) is 18.4 Å². The van der Waals surface area contributed by atoms with Crippen LogP contribution in [-0.2, 0) is 0 Å². The number of benzene rings is 1. The summed E-state index contributed by atoms with van der Waals surface area (Å²) < 4.78 is 10.5. The molecule has 0 spiro atoms. The molecule has 0 fully saturated rings. The number of carbonyl (C=O) groups excluding carboxylic acids is 1. The van der Waals surface area contributed by atoms with Crippen LogP contribution >= 0.6 is 11.3 Å². The fourth-order valence-corrected chi connectivity index (χ4v) is 2.53. The lowest BCUT2D eigenvalue weighted by atomic mass is 10.0. The van der Waals surface area contributed by atoms with E-state index in [9.17, 15) is 4.79 Å². The first-order valence-corrected chi connectivity index (χ1v) is 6.36. The van der Waals surface area contributed by atoms with Gasteiger partial charge in [-0.15, -0.1) is 11.3 Å². The second-order valence-electron chi connectivity index (χ2n) is 3.76. The van der Waals surface area contributed by atoms with Gasteiger partial charge >= 0.3 is 0 Å². The summed E-state index contributed by atoms with van der Waals surface area (Å²) in [7, 11) is 3.09. The Morgan fingerprint density at radius 3 is 2.44 bits per heavy atom. The smallest absolute Gasteiger partial charge is 0.198 e. The maximum Gasteiger partial charge on any atom is 0.198 e. The number of hydrogen-bond donors (Lipinski definition) is 0. The van der Waals surface area contributed by atoms with Crippen molar-refractivity contribution in [2.75, 3.05) is 14.2 Å². The molecule has 94 valence electrons. The number of ether oxygens (including phenoxy) is 2. The number of aryl methyl sites for hydroxylation is 1. The predicted octanol–water partition coefficient (Wildman–Crippen LogP) is 3.30. The van der Waals surface area contributed by atoms with E-state index in [2.05, 4.69) is 0 Å². The van der Waals surface area contributed by atoms with Gasteiger partial charge in [0.2, 0.25) is 0 Å². The summed E-state index contributed by atoms with van der Waals surface area (Å²) >= 11 is 1.56. The topological polar surface area (TPSA) is 35.5 Å². The number of para-hydroxylation sites is 1. The number of thiophene rings is 1. The van der Waals surface area contributed by atoms with E-state index in [1.165, 1.54) is 7.11 Å². The van der Waals surface area contributed by atoms with E-state index < -0.39 is 0 Å². The summed E-state index contributed by atoms with van der Waals surface area (Å²) in [6.07, 6.45) is 0. The molecule has 18 heavy (non-hydrogen) atoms. The van der Waals surface area contributed by atoms with Gasteiger partial charge in [-0.25, -0.2) is 0 Å². The Bertz CT molecular complexity index is 572. The first kappa shape index (κ1) is 12.6. The average molecular weight is 262 g/mol. The molecule has 2 aromatic rings. The maximum absolute atomic E-state index is 12.4. The van der Waals surface area contributed by atoms with Crippen molar-refractivity contribution in [3.8, 4) is 11.5 Å². The van der Waals surface area contributed by atoms with Crippen molar-refractivity contribution < 1.29 is 14.3 Å². The minimum atomic E-state index is -0.0375. The van der Waals surface area contributed by atoms with Crippen LogP contribution in [0.5, 0.6) is 11.5 Å². The van der Waals surface area contributed by atoms with Crippen LogP contribution in [0.25, 0.3) is 0 Å². The average Bonchev–Trinajstić information content (AvgIpc) is 2.83. The lowest BCUT2D eigenvalue weighted by Gasteiger charge is -2.11. The van der Waals surface area contributed by atoms with Crippen molar-refractivity contribution in [3.05, 3.63) is 45.6 Å². The molecule has 0 atom stereocenters. The van der Waals surface area contributed by atoms with Crippen molar-refractivity contribution in [3.63, 3.8) is 0 Å². The van der Waals surface area contributed by atoms with Crippen LogP contribution in [0.3, 0.4) is 0 Å². The number of rotatable bonds is 4. The van der Waals surface area contributed by atoms with E-state index in [0.29, 0.717) is 22.6 Å². The molecular weight excluding hydrogens is 248 g/mol. The second kappa shape index (κ2) is 5.23. The number of carbonyl (C=O) groups is 1. The fraction of sp³-hybridized carbons (Fsp3) is 0.214. The molecule has 0 aliphatic heterocycles. The maximum atomic E-state index is 12.4. The van der Waals surface area contributed by atoms with Crippen molar-refractivity contribution in [1.29, 1.82) is 0 Å². The molecule has 0 saturated carbocycles. The third kappa shape index (κ3) is 2.11. The summed E-state index contributed by atoms with van der Waals surface area (Å²) in [6, 6.07) is 7.15. The highest BCUT2D eigenvalue weighted by Crippen LogP contribution is 2.33. The molecular formula is C14H14O3S. The Hall–Kier alpha value is -1.81. The van der Waals surface area contributed by atoms with E-state index in [4.69, 9.17) is 9.47 Å². The molecule has 1 aromatic heterocycles. The normalized spacial score (nSPS) is 10.2. The highest BCUT2D eigenvalue weighted by Gasteiger charge is 2.19. The monoisotopic (exact) mass is 262 g/mol. The Kier molecular flexibility index (Phi) is 3.67. The molecule has 0 aliphatic rings. The van der Waals surface area contributed by atoms with Gasteiger partial charge in [0.05, 0.1) is 19.8 Å². The van der Waals surface area contributed by atoms with Gasteiger partial charge in [0.15, 0.2) is 17.3 Å². The molecule has 0 unspecified atom stereocenters. The molecule has 0 N–H and O–H groups in total. The van der Waals surface area contributed by atoms with Crippen LogP contribution in [0.15, 0.2) is 29.6 Å². The van der Waals surface area contributed by atoms with Crippen molar-refractivity contribution in [2.45, 2.75) is 6.92 Å². The minimum absolute atomic E-state index is 0.0375. The summed E-state index contributed by atoms with van der Waals surface area (Å²) in [6.45, 7) is 1.94.